The number of nitrogens with one attached hydrogen (secondary N) is 2. The highest BCUT2D eigenvalue weighted by Gasteiger charge is 2.31. The van der Waals surface area contributed by atoms with Crippen LogP contribution >= 0.6 is 0 Å². The summed E-state index contributed by atoms with van der Waals surface area (Å²) in [4.78, 5) is 23.1. The largest absolute Gasteiger partial charge is 0.355 e. The summed E-state index contributed by atoms with van der Waals surface area (Å²) in [5.74, 6) is 1.03. The number of amides is 1. The minimum atomic E-state index is -0.126. The van der Waals surface area contributed by atoms with Gasteiger partial charge in [0.2, 0.25) is 5.91 Å². The monoisotopic (exact) mass is 399 g/mol. The zero-order chi connectivity index (χ0) is 20.5. The van der Waals surface area contributed by atoms with Gasteiger partial charge >= 0.3 is 0 Å². The first kappa shape index (κ1) is 18.6. The molecule has 0 radical (unpaired) electrons. The number of likely N-dealkylation sites (tertiary alicyclic amines) is 1. The van der Waals surface area contributed by atoms with Gasteiger partial charge in [0, 0.05) is 47.3 Å². The third-order valence-electron chi connectivity index (χ3n) is 5.90. The molecule has 0 bridgehead atoms. The Balaban J connectivity index is 1.32. The number of aromatic nitrogens is 3. The molecule has 1 fully saturated rings. The second-order valence-corrected chi connectivity index (χ2v) is 7.92. The topological polar surface area (TPSA) is 66.0 Å². The number of rotatable bonds is 5. The van der Waals surface area contributed by atoms with Gasteiger partial charge in [0.05, 0.1) is 12.6 Å². The fraction of sp³-hybridized carbons (Fsp3) is 0.250. The van der Waals surface area contributed by atoms with Crippen LogP contribution in [-0.4, -0.2) is 37.9 Å². The second kappa shape index (κ2) is 7.80. The standard InChI is InChI=1S/C24H25N5O/c1-28-13-11-25-23(28)16-29-12-5-10-22(29)24(30)26-19-8-4-7-17(14-19)21-15-18-6-2-3-9-20(18)27-21/h2-4,6-9,11,13-15,22,27H,5,10,12,16H2,1H3,(H,26,30)/t22-/m1/s1. The number of para-hydroxylation sites is 1. The van der Waals surface area contributed by atoms with Crippen LogP contribution in [0.3, 0.4) is 0 Å². The minimum Gasteiger partial charge on any atom is -0.355 e. The number of anilines is 1. The maximum atomic E-state index is 13.0. The summed E-state index contributed by atoms with van der Waals surface area (Å²) in [5.41, 5.74) is 4.03. The summed E-state index contributed by atoms with van der Waals surface area (Å²) < 4.78 is 2.01. The minimum absolute atomic E-state index is 0.0514. The Hall–Kier alpha value is -3.38. The Bertz CT molecular complexity index is 1160. The molecule has 30 heavy (non-hydrogen) atoms. The van der Waals surface area contributed by atoms with Crippen LogP contribution in [0.15, 0.2) is 67.0 Å². The van der Waals surface area contributed by atoms with Crippen molar-refractivity contribution in [1.29, 1.82) is 0 Å². The van der Waals surface area contributed by atoms with Gasteiger partial charge in [0.25, 0.3) is 0 Å². The lowest BCUT2D eigenvalue weighted by molar-refractivity contribution is -0.120. The zero-order valence-electron chi connectivity index (χ0n) is 17.0. The average molecular weight is 399 g/mol. The van der Waals surface area contributed by atoms with Crippen LogP contribution in [0.25, 0.3) is 22.2 Å². The molecular formula is C24H25N5O. The number of aryl methyl sites for hydroxylation is 1. The van der Waals surface area contributed by atoms with E-state index >= 15 is 0 Å². The van der Waals surface area contributed by atoms with Gasteiger partial charge < -0.3 is 14.9 Å². The zero-order valence-corrected chi connectivity index (χ0v) is 17.0. The number of hydrogen-bond acceptors (Lipinski definition) is 3. The molecule has 0 aliphatic carbocycles. The van der Waals surface area contributed by atoms with Crippen molar-refractivity contribution in [3.63, 3.8) is 0 Å². The molecule has 1 amide bonds. The van der Waals surface area contributed by atoms with E-state index in [1.165, 1.54) is 5.39 Å². The highest BCUT2D eigenvalue weighted by molar-refractivity contribution is 5.96. The SMILES string of the molecule is Cn1ccnc1CN1CCC[C@@H]1C(=O)Nc1cccc(-c2cc3ccccc3[nH]2)c1. The smallest absolute Gasteiger partial charge is 0.241 e. The number of imidazole rings is 1. The Morgan fingerprint density at radius 1 is 1.20 bits per heavy atom. The van der Waals surface area contributed by atoms with E-state index in [1.54, 1.807) is 6.20 Å². The van der Waals surface area contributed by atoms with Crippen molar-refractivity contribution >= 4 is 22.5 Å². The maximum absolute atomic E-state index is 13.0. The van der Waals surface area contributed by atoms with Gasteiger partial charge in [-0.25, -0.2) is 4.98 Å². The van der Waals surface area contributed by atoms with E-state index in [1.807, 2.05) is 48.1 Å². The summed E-state index contributed by atoms with van der Waals surface area (Å²) in [7, 11) is 1.99. The first-order valence-electron chi connectivity index (χ1n) is 10.4. The van der Waals surface area contributed by atoms with Gasteiger partial charge in [0.15, 0.2) is 0 Å². The van der Waals surface area contributed by atoms with Gasteiger partial charge in [-0.05, 0) is 43.7 Å². The molecule has 3 heterocycles. The number of benzene rings is 2. The molecule has 5 rings (SSSR count). The first-order valence-corrected chi connectivity index (χ1v) is 10.4. The van der Waals surface area contributed by atoms with Crippen LogP contribution in [0.1, 0.15) is 18.7 Å². The summed E-state index contributed by atoms with van der Waals surface area (Å²) in [5, 5.41) is 4.31. The number of H-pyrrole nitrogens is 1. The molecule has 0 unspecified atom stereocenters. The number of nitrogens with zero attached hydrogens (tertiary/aromatic N) is 3. The lowest BCUT2D eigenvalue weighted by Crippen LogP contribution is -2.39. The molecule has 6 nitrogen and oxygen atoms in total. The molecular weight excluding hydrogens is 374 g/mol. The van der Waals surface area contributed by atoms with Gasteiger partial charge in [-0.2, -0.15) is 0 Å². The number of carbonyl (C=O) groups excluding carboxylic acids is 1. The molecule has 1 atom stereocenters. The number of aromatic amines is 1. The van der Waals surface area contributed by atoms with E-state index in [9.17, 15) is 4.79 Å². The molecule has 1 aliphatic heterocycles. The van der Waals surface area contributed by atoms with Crippen LogP contribution in [0.4, 0.5) is 5.69 Å². The molecule has 2 aromatic heterocycles. The summed E-state index contributed by atoms with van der Waals surface area (Å²) >= 11 is 0. The lowest BCUT2D eigenvalue weighted by Gasteiger charge is -2.23. The Kier molecular flexibility index (Phi) is 4.85. The average Bonchev–Trinajstić information content (AvgIpc) is 3.48. The maximum Gasteiger partial charge on any atom is 0.241 e. The predicted molar refractivity (Wildman–Crippen MR) is 119 cm³/mol. The number of carbonyl (C=O) groups is 1. The van der Waals surface area contributed by atoms with Crippen molar-refractivity contribution in [2.45, 2.75) is 25.4 Å². The summed E-state index contributed by atoms with van der Waals surface area (Å²) in [6.45, 7) is 1.61. The Labute approximate surface area is 175 Å². The Morgan fingerprint density at radius 3 is 2.93 bits per heavy atom. The molecule has 0 saturated carbocycles. The van der Waals surface area contributed by atoms with Crippen LogP contribution in [0.5, 0.6) is 0 Å². The van der Waals surface area contributed by atoms with Gasteiger partial charge in [-0.3, -0.25) is 9.69 Å². The highest BCUT2D eigenvalue weighted by atomic mass is 16.2. The van der Waals surface area contributed by atoms with E-state index in [4.69, 9.17) is 0 Å². The molecule has 152 valence electrons. The summed E-state index contributed by atoms with van der Waals surface area (Å²) in [6.07, 6.45) is 5.64. The van der Waals surface area contributed by atoms with Crippen molar-refractivity contribution < 1.29 is 4.79 Å². The fourth-order valence-electron chi connectivity index (χ4n) is 4.26. The third-order valence-corrected chi connectivity index (χ3v) is 5.90. The molecule has 6 heteroatoms. The summed E-state index contributed by atoms with van der Waals surface area (Å²) in [6, 6.07) is 18.3. The molecule has 1 saturated heterocycles. The van der Waals surface area contributed by atoms with Crippen LogP contribution in [-0.2, 0) is 18.4 Å². The van der Waals surface area contributed by atoms with Crippen molar-refractivity contribution in [3.8, 4) is 11.3 Å². The fourth-order valence-corrected chi connectivity index (χ4v) is 4.26. The first-order chi connectivity index (χ1) is 14.7. The van der Waals surface area contributed by atoms with Gasteiger partial charge in [0.1, 0.15) is 5.82 Å². The molecule has 2 aromatic carbocycles. The molecule has 2 N–H and O–H groups in total. The highest BCUT2D eigenvalue weighted by Crippen LogP contribution is 2.27. The van der Waals surface area contributed by atoms with Crippen molar-refractivity contribution in [3.05, 3.63) is 72.8 Å². The van der Waals surface area contributed by atoms with Gasteiger partial charge in [-0.1, -0.05) is 30.3 Å². The van der Waals surface area contributed by atoms with E-state index < -0.39 is 0 Å². The predicted octanol–water partition coefficient (Wildman–Crippen LogP) is 4.17. The molecule has 1 aliphatic rings. The quantitative estimate of drug-likeness (QED) is 0.529. The van der Waals surface area contributed by atoms with E-state index in [2.05, 4.69) is 44.5 Å². The lowest BCUT2D eigenvalue weighted by atomic mass is 10.1. The number of fused-ring (bicyclic) bond motifs is 1. The van der Waals surface area contributed by atoms with Crippen molar-refractivity contribution in [2.75, 3.05) is 11.9 Å². The van der Waals surface area contributed by atoms with E-state index in [-0.39, 0.29) is 11.9 Å². The van der Waals surface area contributed by atoms with Crippen LogP contribution in [0.2, 0.25) is 0 Å². The molecule has 4 aromatic rings. The third kappa shape index (κ3) is 3.62. The van der Waals surface area contributed by atoms with E-state index in [0.29, 0.717) is 6.54 Å². The molecule has 0 spiro atoms. The van der Waals surface area contributed by atoms with Gasteiger partial charge in [-0.15, -0.1) is 0 Å². The Morgan fingerprint density at radius 2 is 2.10 bits per heavy atom. The van der Waals surface area contributed by atoms with Crippen LogP contribution < -0.4 is 5.32 Å². The normalized spacial score (nSPS) is 16.9. The number of hydrogen-bond donors (Lipinski definition) is 2. The van der Waals surface area contributed by atoms with Crippen molar-refractivity contribution in [2.24, 2.45) is 7.05 Å². The van der Waals surface area contributed by atoms with Crippen LogP contribution in [0, 0.1) is 0 Å². The van der Waals surface area contributed by atoms with Crippen molar-refractivity contribution in [1.82, 2.24) is 19.4 Å². The van der Waals surface area contributed by atoms with E-state index in [0.717, 1.165) is 47.7 Å². The second-order valence-electron chi connectivity index (χ2n) is 7.92.